The first-order valence-corrected chi connectivity index (χ1v) is 9.86. The Balaban J connectivity index is 0.00000312. The molecule has 0 saturated carbocycles. The molecular formula is C20H25AuO3Se. The Kier molecular flexibility index (Phi) is 10.6. The van der Waals surface area contributed by atoms with Gasteiger partial charge in [0.2, 0.25) is 0 Å². The van der Waals surface area contributed by atoms with Crippen LogP contribution >= 0.6 is 0 Å². The first kappa shape index (κ1) is 22.4. The van der Waals surface area contributed by atoms with Crippen molar-refractivity contribution in [2.24, 2.45) is 0 Å². The van der Waals surface area contributed by atoms with Crippen LogP contribution in [0.2, 0.25) is 0 Å². The normalized spacial score (nSPS) is 14.5. The molecule has 0 atom stereocenters. The van der Waals surface area contributed by atoms with Crippen molar-refractivity contribution in [1.82, 2.24) is 0 Å². The molecule has 0 spiro atoms. The summed E-state index contributed by atoms with van der Waals surface area (Å²) in [5.41, 5.74) is 1.14. The topological polar surface area (TPSA) is 43.4 Å². The summed E-state index contributed by atoms with van der Waals surface area (Å²) in [6, 6.07) is 5.16. The summed E-state index contributed by atoms with van der Waals surface area (Å²) in [4.78, 5) is 25.6. The van der Waals surface area contributed by atoms with Crippen molar-refractivity contribution < 1.29 is 36.7 Å². The molecule has 0 amide bonds. The van der Waals surface area contributed by atoms with Gasteiger partial charge >= 0.3 is 120 Å². The zero-order chi connectivity index (χ0) is 17.4. The fourth-order valence-electron chi connectivity index (χ4n) is 2.93. The maximum atomic E-state index is 12.1. The van der Waals surface area contributed by atoms with Crippen molar-refractivity contribution in [1.29, 1.82) is 0 Å². The SMILES string of the molecule is CCCCCCCCCCOc1ccc2c(c1)C(=O)/C(=C\[Se])C2=O.[Au]. The number of ketones is 2. The van der Waals surface area contributed by atoms with Crippen molar-refractivity contribution in [2.45, 2.75) is 58.3 Å². The summed E-state index contributed by atoms with van der Waals surface area (Å²) in [5, 5.41) is 0. The van der Waals surface area contributed by atoms with Crippen molar-refractivity contribution in [2.75, 3.05) is 6.61 Å². The number of allylic oxidation sites excluding steroid dienone is 1. The monoisotopic (exact) mass is 590 g/mol. The third-order valence-corrected chi connectivity index (χ3v) is 4.85. The second-order valence-electron chi connectivity index (χ2n) is 6.22. The van der Waals surface area contributed by atoms with Gasteiger partial charge in [-0.1, -0.05) is 32.6 Å². The molecule has 1 aliphatic rings. The molecule has 25 heavy (non-hydrogen) atoms. The summed E-state index contributed by atoms with van der Waals surface area (Å²) < 4.78 is 5.74. The van der Waals surface area contributed by atoms with Gasteiger partial charge in [-0.3, -0.25) is 0 Å². The summed E-state index contributed by atoms with van der Waals surface area (Å²) in [6.45, 7) is 2.89. The van der Waals surface area contributed by atoms with Crippen LogP contribution in [0.5, 0.6) is 5.75 Å². The number of ether oxygens (including phenoxy) is 1. The summed E-state index contributed by atoms with van der Waals surface area (Å²) in [6.07, 6.45) is 10.1. The summed E-state index contributed by atoms with van der Waals surface area (Å²) in [5.74, 6) is 0.244. The molecule has 2 radical (unpaired) electrons. The first-order chi connectivity index (χ1) is 11.7. The second-order valence-corrected chi connectivity index (χ2v) is 6.72. The molecular weight excluding hydrogens is 564 g/mol. The van der Waals surface area contributed by atoms with Crippen LogP contribution < -0.4 is 4.74 Å². The van der Waals surface area contributed by atoms with E-state index in [2.05, 4.69) is 22.9 Å². The zero-order valence-electron chi connectivity index (χ0n) is 14.6. The van der Waals surface area contributed by atoms with Gasteiger partial charge in [0.05, 0.1) is 0 Å². The molecule has 5 heteroatoms. The molecule has 0 aliphatic heterocycles. The van der Waals surface area contributed by atoms with Crippen LogP contribution in [0.15, 0.2) is 28.7 Å². The van der Waals surface area contributed by atoms with Gasteiger partial charge in [-0.2, -0.15) is 0 Å². The largest absolute Gasteiger partial charge is 0 e. The Morgan fingerprint density at radius 3 is 2.16 bits per heavy atom. The van der Waals surface area contributed by atoms with Crippen LogP contribution in [0.25, 0.3) is 0 Å². The van der Waals surface area contributed by atoms with Gasteiger partial charge in [0.1, 0.15) is 0 Å². The average molecular weight is 589 g/mol. The van der Waals surface area contributed by atoms with E-state index in [0.717, 1.165) is 6.42 Å². The maximum Gasteiger partial charge on any atom is 0 e. The van der Waals surface area contributed by atoms with Gasteiger partial charge in [0.15, 0.2) is 0 Å². The van der Waals surface area contributed by atoms with Crippen LogP contribution in [-0.4, -0.2) is 34.2 Å². The van der Waals surface area contributed by atoms with E-state index < -0.39 is 0 Å². The Labute approximate surface area is 174 Å². The zero-order valence-corrected chi connectivity index (χ0v) is 18.5. The van der Waals surface area contributed by atoms with Crippen molar-refractivity contribution in [3.8, 4) is 5.75 Å². The van der Waals surface area contributed by atoms with E-state index in [0.29, 0.717) is 23.5 Å². The van der Waals surface area contributed by atoms with E-state index >= 15 is 0 Å². The van der Waals surface area contributed by atoms with Crippen molar-refractivity contribution in [3.05, 3.63) is 39.9 Å². The van der Waals surface area contributed by atoms with Crippen LogP contribution in [0, 0.1) is 0 Å². The predicted octanol–water partition coefficient (Wildman–Crippen LogP) is 4.64. The molecule has 0 bridgehead atoms. The quantitative estimate of drug-likeness (QED) is 0.173. The van der Waals surface area contributed by atoms with Crippen LogP contribution in [-0.2, 0) is 22.4 Å². The van der Waals surface area contributed by atoms with Gasteiger partial charge in [-0.05, 0) is 0 Å². The molecule has 0 saturated heterocycles. The van der Waals surface area contributed by atoms with Gasteiger partial charge in [0.25, 0.3) is 0 Å². The first-order valence-electron chi connectivity index (χ1n) is 8.87. The van der Waals surface area contributed by atoms with Crippen molar-refractivity contribution in [3.63, 3.8) is 0 Å². The Morgan fingerprint density at radius 1 is 0.920 bits per heavy atom. The van der Waals surface area contributed by atoms with E-state index in [4.69, 9.17) is 4.74 Å². The Hall–Kier alpha value is -0.640. The van der Waals surface area contributed by atoms with E-state index in [1.807, 2.05) is 0 Å². The molecule has 0 fully saturated rings. The van der Waals surface area contributed by atoms with Crippen molar-refractivity contribution >= 4 is 27.6 Å². The number of Topliss-reactive ketones (excluding diaryl/α,β-unsaturated/α-hetero) is 2. The number of unbranched alkanes of at least 4 members (excludes halogenated alkanes) is 7. The molecule has 3 nitrogen and oxygen atoms in total. The number of rotatable bonds is 10. The Bertz CT molecular complexity index is 625. The maximum absolute atomic E-state index is 12.1. The van der Waals surface area contributed by atoms with Crippen LogP contribution in [0.1, 0.15) is 79.0 Å². The fraction of sp³-hybridized carbons (Fsp3) is 0.500. The van der Waals surface area contributed by atoms with Gasteiger partial charge in [-0.15, -0.1) is 0 Å². The minimum Gasteiger partial charge on any atom is 0 e. The minimum atomic E-state index is -0.216. The molecule has 0 heterocycles. The standard InChI is InChI=1S/C20H25O3Se.Au/c1-2-3-4-5-6-7-8-9-12-23-15-10-11-16-17(13-15)20(22)18(14-24)19(16)21;/h10-11,13-14H,2-9,12H2,1H3;/b18-14-;. The summed E-state index contributed by atoms with van der Waals surface area (Å²) >= 11 is 2.63. The molecule has 1 aromatic rings. The molecule has 0 unspecified atom stereocenters. The number of fused-ring (bicyclic) bond motifs is 1. The average Bonchev–Trinajstić information content (AvgIpc) is 2.83. The van der Waals surface area contributed by atoms with Gasteiger partial charge < -0.3 is 0 Å². The van der Waals surface area contributed by atoms with E-state index in [1.54, 1.807) is 18.2 Å². The van der Waals surface area contributed by atoms with E-state index in [9.17, 15) is 9.59 Å². The molecule has 1 aromatic carbocycles. The second kappa shape index (κ2) is 11.9. The number of carbonyl (C=O) groups is 2. The third kappa shape index (κ3) is 6.23. The third-order valence-electron chi connectivity index (χ3n) is 4.35. The summed E-state index contributed by atoms with van der Waals surface area (Å²) in [7, 11) is 0. The van der Waals surface area contributed by atoms with Gasteiger partial charge in [-0.25, -0.2) is 0 Å². The van der Waals surface area contributed by atoms with Crippen LogP contribution in [0.4, 0.5) is 0 Å². The van der Waals surface area contributed by atoms with Crippen LogP contribution in [0.3, 0.4) is 0 Å². The number of hydrogen-bond acceptors (Lipinski definition) is 3. The molecule has 0 N–H and O–H groups in total. The van der Waals surface area contributed by atoms with Gasteiger partial charge in [0, 0.05) is 22.4 Å². The Morgan fingerprint density at radius 2 is 1.52 bits per heavy atom. The van der Waals surface area contributed by atoms with E-state index in [1.165, 1.54) is 49.9 Å². The number of hydrogen-bond donors (Lipinski definition) is 0. The smallest absolute Gasteiger partial charge is 0 e. The number of benzene rings is 1. The molecule has 140 valence electrons. The molecule has 1 aliphatic carbocycles. The fourth-order valence-corrected chi connectivity index (χ4v) is 3.37. The molecule has 2 rings (SSSR count). The van der Waals surface area contributed by atoms with E-state index in [-0.39, 0.29) is 39.5 Å². The molecule has 0 aromatic heterocycles. The minimum absolute atomic E-state index is 0. The number of carbonyl (C=O) groups excluding carboxylic acids is 2. The predicted molar refractivity (Wildman–Crippen MR) is 97.0 cm³/mol.